The molecule has 6 heteroatoms. The van der Waals surface area contributed by atoms with Crippen molar-refractivity contribution in [1.82, 2.24) is 4.90 Å². The number of rotatable bonds is 3. The van der Waals surface area contributed by atoms with Crippen molar-refractivity contribution in [2.75, 3.05) is 18.9 Å². The van der Waals surface area contributed by atoms with Crippen molar-refractivity contribution in [2.45, 2.75) is 13.8 Å². The monoisotopic (exact) mass is 269 g/mol. The zero-order chi connectivity index (χ0) is 13.3. The van der Waals surface area contributed by atoms with Gasteiger partial charge < -0.3 is 14.7 Å². The topological polar surface area (TPSA) is 66.8 Å². The van der Waals surface area contributed by atoms with E-state index in [0.29, 0.717) is 24.5 Å². The number of thioether (sulfide) groups is 1. The SMILES string of the molecule is CCOC(=O)C1=C2SC/C(=C\C(=O)O)N2CC1C. The first-order chi connectivity index (χ1) is 8.54. The van der Waals surface area contributed by atoms with Crippen LogP contribution >= 0.6 is 11.8 Å². The third kappa shape index (κ3) is 2.25. The predicted octanol–water partition coefficient (Wildman–Crippen LogP) is 1.43. The van der Waals surface area contributed by atoms with Crippen molar-refractivity contribution in [3.05, 3.63) is 22.4 Å². The smallest absolute Gasteiger partial charge is 0.337 e. The lowest BCUT2D eigenvalue weighted by Crippen LogP contribution is -2.18. The van der Waals surface area contributed by atoms with Gasteiger partial charge in [0, 0.05) is 30.0 Å². The summed E-state index contributed by atoms with van der Waals surface area (Å²) in [5.41, 5.74) is 1.42. The summed E-state index contributed by atoms with van der Waals surface area (Å²) in [6, 6.07) is 0. The van der Waals surface area contributed by atoms with Crippen molar-refractivity contribution in [3.63, 3.8) is 0 Å². The second-order valence-electron chi connectivity index (χ2n) is 4.21. The van der Waals surface area contributed by atoms with Crippen molar-refractivity contribution in [1.29, 1.82) is 0 Å². The molecule has 0 spiro atoms. The summed E-state index contributed by atoms with van der Waals surface area (Å²) in [5, 5.41) is 9.65. The summed E-state index contributed by atoms with van der Waals surface area (Å²) in [6.45, 7) is 4.73. The van der Waals surface area contributed by atoms with Gasteiger partial charge in [-0.25, -0.2) is 9.59 Å². The Morgan fingerprint density at radius 2 is 2.33 bits per heavy atom. The van der Waals surface area contributed by atoms with Crippen LogP contribution in [0.5, 0.6) is 0 Å². The molecule has 0 aliphatic carbocycles. The highest BCUT2D eigenvalue weighted by atomic mass is 32.2. The zero-order valence-electron chi connectivity index (χ0n) is 10.3. The van der Waals surface area contributed by atoms with Crippen LogP contribution in [0.1, 0.15) is 13.8 Å². The van der Waals surface area contributed by atoms with Crippen LogP contribution in [0.2, 0.25) is 0 Å². The summed E-state index contributed by atoms with van der Waals surface area (Å²) in [6.07, 6.45) is 1.21. The van der Waals surface area contributed by atoms with Gasteiger partial charge >= 0.3 is 11.9 Å². The highest BCUT2D eigenvalue weighted by molar-refractivity contribution is 8.03. The number of carboxylic acid groups (broad SMARTS) is 1. The molecule has 2 aliphatic rings. The van der Waals surface area contributed by atoms with E-state index in [9.17, 15) is 9.59 Å². The van der Waals surface area contributed by atoms with Gasteiger partial charge in [0.2, 0.25) is 0 Å². The molecule has 2 aliphatic heterocycles. The van der Waals surface area contributed by atoms with E-state index in [0.717, 1.165) is 10.7 Å². The largest absolute Gasteiger partial charge is 0.478 e. The molecule has 1 N–H and O–H groups in total. The average Bonchev–Trinajstić information content (AvgIpc) is 2.77. The first kappa shape index (κ1) is 13.0. The van der Waals surface area contributed by atoms with Crippen LogP contribution in [0.15, 0.2) is 22.4 Å². The van der Waals surface area contributed by atoms with Gasteiger partial charge in [0.05, 0.1) is 17.2 Å². The number of ether oxygens (including phenoxy) is 1. The summed E-state index contributed by atoms with van der Waals surface area (Å²) in [7, 11) is 0. The van der Waals surface area contributed by atoms with Crippen LogP contribution in [0.25, 0.3) is 0 Å². The molecule has 1 unspecified atom stereocenters. The van der Waals surface area contributed by atoms with Crippen LogP contribution in [-0.2, 0) is 14.3 Å². The molecule has 1 atom stereocenters. The summed E-state index contributed by atoms with van der Waals surface area (Å²) >= 11 is 1.50. The Labute approximate surface area is 109 Å². The van der Waals surface area contributed by atoms with Crippen LogP contribution in [0.3, 0.4) is 0 Å². The van der Waals surface area contributed by atoms with Gasteiger partial charge in [-0.3, -0.25) is 0 Å². The van der Waals surface area contributed by atoms with E-state index in [4.69, 9.17) is 9.84 Å². The average molecular weight is 269 g/mol. The van der Waals surface area contributed by atoms with Crippen LogP contribution in [0, 0.1) is 5.92 Å². The van der Waals surface area contributed by atoms with Crippen LogP contribution < -0.4 is 0 Å². The number of hydrogen-bond donors (Lipinski definition) is 1. The minimum atomic E-state index is -0.955. The fourth-order valence-corrected chi connectivity index (χ4v) is 3.50. The molecular weight excluding hydrogens is 254 g/mol. The highest BCUT2D eigenvalue weighted by Crippen LogP contribution is 2.44. The second kappa shape index (κ2) is 5.06. The Balaban J connectivity index is 2.29. The molecule has 0 radical (unpaired) electrons. The first-order valence-electron chi connectivity index (χ1n) is 5.79. The van der Waals surface area contributed by atoms with Gasteiger partial charge in [-0.15, -0.1) is 11.8 Å². The molecule has 18 heavy (non-hydrogen) atoms. The third-order valence-electron chi connectivity index (χ3n) is 2.91. The number of hydrogen-bond acceptors (Lipinski definition) is 5. The Bertz CT molecular complexity index is 455. The molecule has 0 saturated carbocycles. The van der Waals surface area contributed by atoms with E-state index in [-0.39, 0.29) is 11.9 Å². The quantitative estimate of drug-likeness (QED) is 0.617. The third-order valence-corrected chi connectivity index (χ3v) is 4.07. The maximum absolute atomic E-state index is 11.9. The standard InChI is InChI=1S/C12H15NO4S/c1-3-17-12(16)10-7(2)5-13-8(4-9(14)15)6-18-11(10)13/h4,7H,3,5-6H2,1-2H3,(H,14,15)/b8-4+. The number of carbonyl (C=O) groups excluding carboxylic acids is 1. The Kier molecular flexibility index (Phi) is 3.65. The molecule has 1 saturated heterocycles. The summed E-state index contributed by atoms with van der Waals surface area (Å²) in [4.78, 5) is 24.5. The van der Waals surface area contributed by atoms with Crippen molar-refractivity contribution >= 4 is 23.7 Å². The van der Waals surface area contributed by atoms with Crippen molar-refractivity contribution in [2.24, 2.45) is 5.92 Å². The fraction of sp³-hybridized carbons (Fsp3) is 0.500. The van der Waals surface area contributed by atoms with Crippen LogP contribution in [-0.4, -0.2) is 40.8 Å². The van der Waals surface area contributed by atoms with Gasteiger partial charge in [-0.05, 0) is 6.92 Å². The van der Waals surface area contributed by atoms with Gasteiger partial charge in [-0.2, -0.15) is 0 Å². The highest BCUT2D eigenvalue weighted by Gasteiger charge is 2.39. The summed E-state index contributed by atoms with van der Waals surface area (Å²) < 4.78 is 5.05. The minimum absolute atomic E-state index is 0.0732. The number of esters is 1. The van der Waals surface area contributed by atoms with Gasteiger partial charge in [0.15, 0.2) is 0 Å². The lowest BCUT2D eigenvalue weighted by Gasteiger charge is -2.15. The number of fused-ring (bicyclic) bond motifs is 1. The Hall–Kier alpha value is -1.43. The number of carboxylic acids is 1. The fourth-order valence-electron chi connectivity index (χ4n) is 2.19. The lowest BCUT2D eigenvalue weighted by molar-refractivity contribution is -0.139. The van der Waals surface area contributed by atoms with Crippen LogP contribution in [0.4, 0.5) is 0 Å². The Morgan fingerprint density at radius 1 is 1.61 bits per heavy atom. The van der Waals surface area contributed by atoms with Gasteiger partial charge in [0.1, 0.15) is 0 Å². The normalized spacial score (nSPS) is 24.7. The van der Waals surface area contributed by atoms with Crippen molar-refractivity contribution in [3.8, 4) is 0 Å². The molecule has 5 nitrogen and oxygen atoms in total. The molecule has 0 aromatic rings. The molecule has 98 valence electrons. The van der Waals surface area contributed by atoms with Gasteiger partial charge in [-0.1, -0.05) is 6.92 Å². The molecule has 0 aromatic carbocycles. The van der Waals surface area contributed by atoms with E-state index in [2.05, 4.69) is 0 Å². The number of carbonyl (C=O) groups is 2. The van der Waals surface area contributed by atoms with E-state index >= 15 is 0 Å². The minimum Gasteiger partial charge on any atom is -0.478 e. The number of aliphatic carboxylic acids is 1. The molecular formula is C12H15NO4S. The lowest BCUT2D eigenvalue weighted by atomic mass is 10.1. The van der Waals surface area contributed by atoms with Crippen molar-refractivity contribution < 1.29 is 19.4 Å². The molecule has 2 heterocycles. The second-order valence-corrected chi connectivity index (χ2v) is 5.18. The molecule has 0 amide bonds. The number of nitrogens with zero attached hydrogens (tertiary/aromatic N) is 1. The molecule has 0 bridgehead atoms. The summed E-state index contributed by atoms with van der Waals surface area (Å²) in [5.74, 6) is -0.572. The Morgan fingerprint density at radius 3 is 2.94 bits per heavy atom. The first-order valence-corrected chi connectivity index (χ1v) is 6.78. The molecule has 1 fully saturated rings. The predicted molar refractivity (Wildman–Crippen MR) is 67.7 cm³/mol. The molecule has 0 aromatic heterocycles. The van der Waals surface area contributed by atoms with E-state index in [1.807, 2.05) is 11.8 Å². The van der Waals surface area contributed by atoms with E-state index < -0.39 is 5.97 Å². The van der Waals surface area contributed by atoms with E-state index in [1.54, 1.807) is 6.92 Å². The van der Waals surface area contributed by atoms with Gasteiger partial charge in [0.25, 0.3) is 0 Å². The maximum Gasteiger partial charge on any atom is 0.337 e. The zero-order valence-corrected chi connectivity index (χ0v) is 11.1. The maximum atomic E-state index is 11.9. The van der Waals surface area contributed by atoms with E-state index in [1.165, 1.54) is 17.8 Å². The molecule has 2 rings (SSSR count).